The molecule has 0 spiro atoms. The average molecular weight is 455 g/mol. The highest BCUT2D eigenvalue weighted by Crippen LogP contribution is 2.31. The first kappa shape index (κ1) is 21.8. The zero-order valence-corrected chi connectivity index (χ0v) is 18.7. The number of rotatable bonds is 8. The van der Waals surface area contributed by atoms with E-state index in [0.29, 0.717) is 5.75 Å². The molecular weight excluding hydrogens is 428 g/mol. The Morgan fingerprint density at radius 1 is 1.00 bits per heavy atom. The maximum Gasteiger partial charge on any atom is 0.346 e. The lowest BCUT2D eigenvalue weighted by molar-refractivity contribution is -0.145. The van der Waals surface area contributed by atoms with Crippen LogP contribution in [0.1, 0.15) is 46.7 Å². The van der Waals surface area contributed by atoms with Gasteiger partial charge in [0.05, 0.1) is 24.4 Å². The number of aliphatic carboxylic acids is 1. The number of fused-ring (bicyclic) bond motifs is 1. The van der Waals surface area contributed by atoms with Crippen LogP contribution < -0.4 is 4.74 Å². The molecule has 0 saturated carbocycles. The SMILES string of the molecule is O=C(O)C(Cn1cc(C(c2ccccc2)c2cnccn2)cn1)Oc1cccc2c1CCCC2. The van der Waals surface area contributed by atoms with E-state index in [-0.39, 0.29) is 12.5 Å². The third kappa shape index (κ3) is 4.69. The molecule has 1 aliphatic carbocycles. The van der Waals surface area contributed by atoms with Crippen molar-refractivity contribution in [1.82, 2.24) is 19.7 Å². The van der Waals surface area contributed by atoms with Crippen LogP contribution in [0.3, 0.4) is 0 Å². The molecule has 0 bridgehead atoms. The Hall–Kier alpha value is -4.00. The quantitative estimate of drug-likeness (QED) is 0.428. The average Bonchev–Trinajstić information content (AvgIpc) is 3.33. The fourth-order valence-electron chi connectivity index (χ4n) is 4.61. The van der Waals surface area contributed by atoms with Gasteiger partial charge in [0.1, 0.15) is 5.75 Å². The third-order valence-electron chi connectivity index (χ3n) is 6.25. The van der Waals surface area contributed by atoms with E-state index in [4.69, 9.17) is 4.74 Å². The molecule has 2 aromatic heterocycles. The van der Waals surface area contributed by atoms with Gasteiger partial charge < -0.3 is 9.84 Å². The van der Waals surface area contributed by atoms with Gasteiger partial charge in [-0.1, -0.05) is 42.5 Å². The number of ether oxygens (including phenoxy) is 1. The van der Waals surface area contributed by atoms with Crippen LogP contribution in [-0.4, -0.2) is 36.9 Å². The number of hydrogen-bond acceptors (Lipinski definition) is 5. The molecule has 34 heavy (non-hydrogen) atoms. The van der Waals surface area contributed by atoms with Gasteiger partial charge in [0.25, 0.3) is 0 Å². The van der Waals surface area contributed by atoms with Gasteiger partial charge in [-0.2, -0.15) is 5.10 Å². The van der Waals surface area contributed by atoms with E-state index in [1.54, 1.807) is 29.5 Å². The number of aromatic nitrogens is 4. The Bertz CT molecular complexity index is 1220. The molecule has 0 amide bonds. The van der Waals surface area contributed by atoms with Crippen molar-refractivity contribution in [3.05, 3.63) is 107 Å². The Kier molecular flexibility index (Phi) is 6.33. The van der Waals surface area contributed by atoms with Gasteiger partial charge in [-0.3, -0.25) is 14.6 Å². The number of benzene rings is 2. The summed E-state index contributed by atoms with van der Waals surface area (Å²) in [6, 6.07) is 15.9. The van der Waals surface area contributed by atoms with Crippen molar-refractivity contribution in [2.24, 2.45) is 0 Å². The zero-order chi connectivity index (χ0) is 23.3. The van der Waals surface area contributed by atoms with Gasteiger partial charge in [0.15, 0.2) is 0 Å². The van der Waals surface area contributed by atoms with Crippen molar-refractivity contribution in [2.75, 3.05) is 0 Å². The van der Waals surface area contributed by atoms with Crippen LogP contribution in [0.4, 0.5) is 0 Å². The van der Waals surface area contributed by atoms with Crippen molar-refractivity contribution < 1.29 is 14.6 Å². The van der Waals surface area contributed by atoms with Crippen LogP contribution >= 0.6 is 0 Å². The van der Waals surface area contributed by atoms with Gasteiger partial charge in [-0.15, -0.1) is 0 Å². The molecule has 0 aliphatic heterocycles. The first-order valence-corrected chi connectivity index (χ1v) is 11.5. The summed E-state index contributed by atoms with van der Waals surface area (Å²) >= 11 is 0. The predicted octanol–water partition coefficient (Wildman–Crippen LogP) is 4.26. The zero-order valence-electron chi connectivity index (χ0n) is 18.7. The second-order valence-corrected chi connectivity index (χ2v) is 8.52. The van der Waals surface area contributed by atoms with Crippen LogP contribution in [-0.2, 0) is 24.2 Å². The Morgan fingerprint density at radius 2 is 1.85 bits per heavy atom. The molecule has 7 nitrogen and oxygen atoms in total. The molecular formula is C27H26N4O3. The lowest BCUT2D eigenvalue weighted by Gasteiger charge is -2.22. The smallest absolute Gasteiger partial charge is 0.346 e. The number of carboxylic acids is 1. The number of carbonyl (C=O) groups is 1. The largest absolute Gasteiger partial charge is 0.478 e. The van der Waals surface area contributed by atoms with Crippen molar-refractivity contribution >= 4 is 5.97 Å². The number of hydrogen-bond donors (Lipinski definition) is 1. The summed E-state index contributed by atoms with van der Waals surface area (Å²) in [5, 5.41) is 14.4. The normalized spacial score (nSPS) is 14.7. The van der Waals surface area contributed by atoms with Crippen LogP contribution in [0.2, 0.25) is 0 Å². The molecule has 2 atom stereocenters. The van der Waals surface area contributed by atoms with Gasteiger partial charge in [-0.25, -0.2) is 4.79 Å². The molecule has 0 saturated heterocycles. The van der Waals surface area contributed by atoms with E-state index in [1.807, 2.05) is 48.7 Å². The first-order chi connectivity index (χ1) is 16.7. The van der Waals surface area contributed by atoms with Gasteiger partial charge in [-0.05, 0) is 48.4 Å². The molecule has 7 heteroatoms. The van der Waals surface area contributed by atoms with Crippen LogP contribution in [0, 0.1) is 0 Å². The minimum absolute atomic E-state index is 0.0982. The summed E-state index contributed by atoms with van der Waals surface area (Å²) in [6.45, 7) is 0.0982. The Labute approximate surface area is 198 Å². The monoisotopic (exact) mass is 454 g/mol. The second-order valence-electron chi connectivity index (χ2n) is 8.52. The van der Waals surface area contributed by atoms with Crippen molar-refractivity contribution in [3.8, 4) is 5.75 Å². The summed E-state index contributed by atoms with van der Waals surface area (Å²) in [4.78, 5) is 20.8. The summed E-state index contributed by atoms with van der Waals surface area (Å²) in [5.41, 5.74) is 5.16. The van der Waals surface area contributed by atoms with E-state index >= 15 is 0 Å². The molecule has 172 valence electrons. The summed E-state index contributed by atoms with van der Waals surface area (Å²) in [6.07, 6.45) is 11.8. The van der Waals surface area contributed by atoms with Crippen molar-refractivity contribution in [3.63, 3.8) is 0 Å². The molecule has 0 fully saturated rings. The van der Waals surface area contributed by atoms with Crippen LogP contribution in [0.5, 0.6) is 5.75 Å². The molecule has 2 unspecified atom stereocenters. The Balaban J connectivity index is 1.40. The van der Waals surface area contributed by atoms with E-state index in [0.717, 1.165) is 48.1 Å². The highest BCUT2D eigenvalue weighted by Gasteiger charge is 2.25. The number of carboxylic acid groups (broad SMARTS) is 1. The number of aryl methyl sites for hydroxylation is 1. The lowest BCUT2D eigenvalue weighted by atomic mass is 9.91. The Morgan fingerprint density at radius 3 is 2.65 bits per heavy atom. The maximum atomic E-state index is 12.1. The van der Waals surface area contributed by atoms with Gasteiger partial charge in [0, 0.05) is 30.4 Å². The van der Waals surface area contributed by atoms with Crippen LogP contribution in [0.15, 0.2) is 79.5 Å². The number of nitrogens with zero attached hydrogens (tertiary/aromatic N) is 4. The first-order valence-electron chi connectivity index (χ1n) is 11.5. The standard InChI is InChI=1S/C27H26N4O3/c32-27(33)25(34-24-12-6-10-19-7-4-5-11-22(19)24)18-31-17-21(15-30-31)26(20-8-2-1-3-9-20)23-16-28-13-14-29-23/h1-3,6,8-10,12-17,25-26H,4-5,7,11,18H2,(H,32,33). The van der Waals surface area contributed by atoms with E-state index in [9.17, 15) is 9.90 Å². The van der Waals surface area contributed by atoms with E-state index < -0.39 is 12.1 Å². The highest BCUT2D eigenvalue weighted by atomic mass is 16.5. The summed E-state index contributed by atoms with van der Waals surface area (Å²) < 4.78 is 7.67. The fourth-order valence-corrected chi connectivity index (χ4v) is 4.61. The highest BCUT2D eigenvalue weighted by molar-refractivity contribution is 5.72. The molecule has 4 aromatic rings. The van der Waals surface area contributed by atoms with E-state index in [2.05, 4.69) is 21.1 Å². The lowest BCUT2D eigenvalue weighted by Crippen LogP contribution is -2.32. The molecule has 0 radical (unpaired) electrons. The topological polar surface area (TPSA) is 90.1 Å². The minimum Gasteiger partial charge on any atom is -0.478 e. The third-order valence-corrected chi connectivity index (χ3v) is 6.25. The van der Waals surface area contributed by atoms with E-state index in [1.165, 1.54) is 5.56 Å². The maximum absolute atomic E-state index is 12.1. The second kappa shape index (κ2) is 9.87. The summed E-state index contributed by atoms with van der Waals surface area (Å²) in [7, 11) is 0. The van der Waals surface area contributed by atoms with Gasteiger partial charge >= 0.3 is 5.97 Å². The van der Waals surface area contributed by atoms with Crippen molar-refractivity contribution in [2.45, 2.75) is 44.2 Å². The minimum atomic E-state index is -1.05. The summed E-state index contributed by atoms with van der Waals surface area (Å²) in [5.74, 6) is -0.508. The van der Waals surface area contributed by atoms with Gasteiger partial charge in [0.2, 0.25) is 6.10 Å². The molecule has 2 heterocycles. The molecule has 5 rings (SSSR count). The van der Waals surface area contributed by atoms with Crippen LogP contribution in [0.25, 0.3) is 0 Å². The molecule has 1 aliphatic rings. The fraction of sp³-hybridized carbons (Fsp3) is 0.259. The molecule has 2 aromatic carbocycles. The van der Waals surface area contributed by atoms with Crippen molar-refractivity contribution in [1.29, 1.82) is 0 Å². The molecule has 1 N–H and O–H groups in total. The predicted molar refractivity (Wildman–Crippen MR) is 127 cm³/mol.